The van der Waals surface area contributed by atoms with Gasteiger partial charge in [0.05, 0.1) is 16.7 Å². The molecular weight excluding hydrogens is 817 g/mol. The van der Waals surface area contributed by atoms with Gasteiger partial charge in [0.2, 0.25) is 0 Å². The fraction of sp³-hybridized carbons (Fsp3) is 0.164. The fourth-order valence-electron chi connectivity index (χ4n) is 13.1. The third-order valence-corrected chi connectivity index (χ3v) is 20.3. The van der Waals surface area contributed by atoms with Crippen LogP contribution in [0.25, 0.3) is 61.4 Å². The molecule has 2 heterocycles. The van der Waals surface area contributed by atoms with E-state index in [2.05, 4.69) is 217 Å². The van der Waals surface area contributed by atoms with Crippen LogP contribution in [0.3, 0.4) is 0 Å². The number of hydrogen-bond donors (Lipinski definition) is 0. The number of aromatic nitrogens is 4. The molecule has 318 valence electrons. The number of benzene rings is 8. The normalized spacial score (nSPS) is 20.0. The van der Waals surface area contributed by atoms with Crippen molar-refractivity contribution >= 4 is 50.6 Å². The van der Waals surface area contributed by atoms with Crippen LogP contribution in [0.5, 0.6) is 0 Å². The van der Waals surface area contributed by atoms with E-state index in [0.29, 0.717) is 0 Å². The molecule has 0 N–H and O–H groups in total. The van der Waals surface area contributed by atoms with Crippen LogP contribution >= 0.6 is 0 Å². The van der Waals surface area contributed by atoms with Crippen LogP contribution in [0.15, 0.2) is 212 Å². The molecule has 8 aromatic carbocycles. The maximum Gasteiger partial charge on any atom is 0.179 e. The van der Waals surface area contributed by atoms with Crippen molar-refractivity contribution < 1.29 is 0 Å². The molecular formula is C61H50N4Si. The van der Waals surface area contributed by atoms with Crippen LogP contribution in [0.2, 0.25) is 0 Å². The lowest BCUT2D eigenvalue weighted by atomic mass is 9.49. The second-order valence-corrected chi connectivity index (χ2v) is 23.2. The summed E-state index contributed by atoms with van der Waals surface area (Å²) in [6.45, 7) is 0. The molecule has 4 aliphatic carbocycles. The van der Waals surface area contributed by atoms with Gasteiger partial charge in [-0.3, -0.25) is 0 Å². The van der Waals surface area contributed by atoms with E-state index in [1.807, 2.05) is 0 Å². The summed E-state index contributed by atoms with van der Waals surface area (Å²) >= 11 is 0. The van der Waals surface area contributed by atoms with Crippen LogP contribution < -0.4 is 20.7 Å². The lowest BCUT2D eigenvalue weighted by Crippen LogP contribution is -2.74. The predicted octanol–water partition coefficient (Wildman–Crippen LogP) is 11.8. The number of nitrogens with zero attached hydrogens (tertiary/aromatic N) is 4. The van der Waals surface area contributed by atoms with Crippen molar-refractivity contribution in [1.29, 1.82) is 0 Å². The topological polar surface area (TPSA) is 43.6 Å². The second-order valence-electron chi connectivity index (χ2n) is 19.4. The smallest absolute Gasteiger partial charge is 0.179 e. The molecule has 66 heavy (non-hydrogen) atoms. The molecule has 0 atom stereocenters. The zero-order chi connectivity index (χ0) is 43.7. The average molecular weight is 867 g/mol. The minimum atomic E-state index is -2.78. The Morgan fingerprint density at radius 3 is 1.41 bits per heavy atom. The molecule has 2 aromatic heterocycles. The highest BCUT2D eigenvalue weighted by molar-refractivity contribution is 7.19. The quantitative estimate of drug-likeness (QED) is 0.107. The van der Waals surface area contributed by atoms with Crippen LogP contribution in [-0.4, -0.2) is 27.6 Å². The van der Waals surface area contributed by atoms with Gasteiger partial charge in [0.25, 0.3) is 0 Å². The Morgan fingerprint density at radius 2 is 0.848 bits per heavy atom. The van der Waals surface area contributed by atoms with Gasteiger partial charge in [-0.05, 0) is 112 Å². The van der Waals surface area contributed by atoms with Gasteiger partial charge in [-0.2, -0.15) is 0 Å². The SMILES string of the molecule is c1ccc(-c2nc(-c3cc(-c4cccc([Si](c5ccccc5)(c5ccccc5)c5ccccc5)c4)ccc3-n3c4ccccc4c4ccccc43)nc(C34CC5CC(CC(C5)C3)C4)n2)cc1. The molecule has 4 aliphatic rings. The van der Waals surface area contributed by atoms with Crippen molar-refractivity contribution in [3.8, 4) is 39.6 Å². The number of rotatable bonds is 9. The first-order valence-electron chi connectivity index (χ1n) is 23.9. The number of fused-ring (bicyclic) bond motifs is 3. The molecule has 0 saturated heterocycles. The van der Waals surface area contributed by atoms with Crippen molar-refractivity contribution in [3.05, 3.63) is 218 Å². The van der Waals surface area contributed by atoms with Crippen LogP contribution in [0.4, 0.5) is 0 Å². The van der Waals surface area contributed by atoms with Crippen LogP contribution in [-0.2, 0) is 5.41 Å². The lowest BCUT2D eigenvalue weighted by molar-refractivity contribution is -0.00938. The summed E-state index contributed by atoms with van der Waals surface area (Å²) in [6.07, 6.45) is 7.64. The first-order chi connectivity index (χ1) is 32.6. The first-order valence-corrected chi connectivity index (χ1v) is 25.9. The zero-order valence-corrected chi connectivity index (χ0v) is 38.0. The molecule has 0 spiro atoms. The Balaban J connectivity index is 1.07. The third-order valence-electron chi connectivity index (χ3n) is 15.5. The minimum absolute atomic E-state index is 0.0187. The lowest BCUT2D eigenvalue weighted by Gasteiger charge is -2.56. The Labute approximate surface area is 387 Å². The Hall–Kier alpha value is -7.21. The molecule has 0 radical (unpaired) electrons. The summed E-state index contributed by atoms with van der Waals surface area (Å²) in [7, 11) is -2.78. The van der Waals surface area contributed by atoms with E-state index < -0.39 is 8.07 Å². The molecule has 4 bridgehead atoms. The van der Waals surface area contributed by atoms with Gasteiger partial charge in [0.1, 0.15) is 5.82 Å². The fourth-order valence-corrected chi connectivity index (χ4v) is 17.9. The Bertz CT molecular complexity index is 3220. The average Bonchev–Trinajstić information content (AvgIpc) is 3.71. The number of para-hydroxylation sites is 2. The van der Waals surface area contributed by atoms with Gasteiger partial charge in [-0.25, -0.2) is 15.0 Å². The van der Waals surface area contributed by atoms with E-state index in [0.717, 1.165) is 68.6 Å². The molecule has 10 aromatic rings. The van der Waals surface area contributed by atoms with Crippen molar-refractivity contribution in [2.75, 3.05) is 0 Å². The first kappa shape index (κ1) is 39.2. The van der Waals surface area contributed by atoms with E-state index in [9.17, 15) is 0 Å². The summed E-state index contributed by atoms with van der Waals surface area (Å²) in [5, 5.41) is 7.88. The summed E-state index contributed by atoms with van der Waals surface area (Å²) in [6, 6.07) is 78.2. The van der Waals surface area contributed by atoms with Crippen molar-refractivity contribution in [1.82, 2.24) is 19.5 Å². The monoisotopic (exact) mass is 866 g/mol. The van der Waals surface area contributed by atoms with Gasteiger partial charge in [0, 0.05) is 27.3 Å². The van der Waals surface area contributed by atoms with Crippen LogP contribution in [0.1, 0.15) is 44.3 Å². The molecule has 0 amide bonds. The molecule has 5 heteroatoms. The van der Waals surface area contributed by atoms with Crippen molar-refractivity contribution in [2.24, 2.45) is 17.8 Å². The van der Waals surface area contributed by atoms with Crippen molar-refractivity contribution in [3.63, 3.8) is 0 Å². The van der Waals surface area contributed by atoms with E-state index in [4.69, 9.17) is 15.0 Å². The van der Waals surface area contributed by atoms with Gasteiger partial charge < -0.3 is 4.57 Å². The number of hydrogen-bond acceptors (Lipinski definition) is 3. The van der Waals surface area contributed by atoms with E-state index in [1.165, 1.54) is 75.6 Å². The standard InChI is InChI=1S/C61H50N4Si/c1-5-18-45(19-6-1)58-62-59(64-60(63-58)61-39-42-34-43(40-61)36-44(35-42)41-61)54-38-47(32-33-57(54)65-55-30-15-13-28-52(55)53-29-14-16-31-56(53)65)46-20-17-27-51(37-46)66(48-21-7-2-8-22-48,49-23-9-3-10-24-49)50-25-11-4-12-26-50/h1-33,37-38,42-44H,34-36,39-41H2. The highest BCUT2D eigenvalue weighted by atomic mass is 28.3. The Kier molecular flexibility index (Phi) is 9.35. The maximum absolute atomic E-state index is 5.73. The van der Waals surface area contributed by atoms with Gasteiger partial charge in [0.15, 0.2) is 19.7 Å². The van der Waals surface area contributed by atoms with E-state index >= 15 is 0 Å². The highest BCUT2D eigenvalue weighted by Crippen LogP contribution is 2.60. The molecule has 4 nitrogen and oxygen atoms in total. The molecule has 14 rings (SSSR count). The molecule has 4 fully saturated rings. The third kappa shape index (κ3) is 6.35. The summed E-state index contributed by atoms with van der Waals surface area (Å²) in [5.41, 5.74) is 7.71. The Morgan fingerprint density at radius 1 is 0.394 bits per heavy atom. The molecule has 4 saturated carbocycles. The second kappa shape index (κ2) is 15.7. The van der Waals surface area contributed by atoms with E-state index in [-0.39, 0.29) is 5.41 Å². The van der Waals surface area contributed by atoms with Gasteiger partial charge in [-0.1, -0.05) is 188 Å². The largest absolute Gasteiger partial charge is 0.309 e. The predicted molar refractivity (Wildman–Crippen MR) is 274 cm³/mol. The van der Waals surface area contributed by atoms with E-state index in [1.54, 1.807) is 0 Å². The summed E-state index contributed by atoms with van der Waals surface area (Å²) < 4.78 is 2.44. The molecule has 0 unspecified atom stereocenters. The maximum atomic E-state index is 5.73. The highest BCUT2D eigenvalue weighted by Gasteiger charge is 2.53. The zero-order valence-electron chi connectivity index (χ0n) is 37.0. The van der Waals surface area contributed by atoms with Gasteiger partial charge >= 0.3 is 0 Å². The summed E-state index contributed by atoms with van der Waals surface area (Å²) in [5.74, 6) is 4.79. The summed E-state index contributed by atoms with van der Waals surface area (Å²) in [4.78, 5) is 16.7. The van der Waals surface area contributed by atoms with Gasteiger partial charge in [-0.15, -0.1) is 0 Å². The van der Waals surface area contributed by atoms with Crippen molar-refractivity contribution in [2.45, 2.75) is 43.9 Å². The molecule has 0 aliphatic heterocycles. The minimum Gasteiger partial charge on any atom is -0.309 e. The van der Waals surface area contributed by atoms with Crippen LogP contribution in [0, 0.1) is 17.8 Å².